The van der Waals surface area contributed by atoms with Crippen molar-refractivity contribution in [1.82, 2.24) is 9.55 Å². The molecule has 1 aromatic carbocycles. The van der Waals surface area contributed by atoms with E-state index in [0.29, 0.717) is 0 Å². The zero-order valence-corrected chi connectivity index (χ0v) is 10.3. The van der Waals surface area contributed by atoms with E-state index in [1.807, 2.05) is 0 Å². The van der Waals surface area contributed by atoms with Gasteiger partial charge >= 0.3 is 0 Å². The number of nitro groups is 1. The third kappa shape index (κ3) is 2.05. The normalized spacial score (nSPS) is 9.80. The summed E-state index contributed by atoms with van der Waals surface area (Å²) in [6, 6.07) is 5.00. The second-order valence-corrected chi connectivity index (χ2v) is 3.95. The Hall–Kier alpha value is -2.97. The van der Waals surface area contributed by atoms with Gasteiger partial charge in [-0.3, -0.25) is 14.7 Å². The van der Waals surface area contributed by atoms with Gasteiger partial charge in [0.15, 0.2) is 11.4 Å². The monoisotopic (exact) mass is 291 g/mol. The number of rotatable bonds is 2. The molecule has 9 heteroatoms. The maximum absolute atomic E-state index is 13.5. The van der Waals surface area contributed by atoms with Crippen LogP contribution in [0.5, 0.6) is 0 Å². The summed E-state index contributed by atoms with van der Waals surface area (Å²) >= 11 is 5.50. The first-order valence-corrected chi connectivity index (χ1v) is 5.38. The maximum Gasteiger partial charge on any atom is 0.294 e. The van der Waals surface area contributed by atoms with Gasteiger partial charge in [-0.15, -0.1) is 0 Å². The first-order chi connectivity index (χ1) is 9.49. The second-order valence-electron chi connectivity index (χ2n) is 3.55. The Bertz CT molecular complexity index is 802. The summed E-state index contributed by atoms with van der Waals surface area (Å²) in [5.74, 6) is -0.886. The molecule has 2 aromatic rings. The fraction of sp³-hybridized carbons (Fsp3) is 0. The van der Waals surface area contributed by atoms with Crippen LogP contribution in [0.15, 0.2) is 18.5 Å². The molecule has 0 fully saturated rings. The van der Waals surface area contributed by atoms with Gasteiger partial charge in [0.2, 0.25) is 0 Å². The molecule has 0 unspecified atom stereocenters. The average Bonchev–Trinajstić information content (AvgIpc) is 2.83. The van der Waals surface area contributed by atoms with Gasteiger partial charge < -0.3 is 0 Å². The molecule has 0 atom stereocenters. The first kappa shape index (κ1) is 13.5. The van der Waals surface area contributed by atoms with E-state index in [2.05, 4.69) is 4.98 Å². The van der Waals surface area contributed by atoms with Crippen LogP contribution in [0.25, 0.3) is 5.69 Å². The lowest BCUT2D eigenvalue weighted by Gasteiger charge is -2.06. The molecule has 7 nitrogen and oxygen atoms in total. The lowest BCUT2D eigenvalue weighted by molar-refractivity contribution is -0.384. The summed E-state index contributed by atoms with van der Waals surface area (Å²) in [4.78, 5) is 13.8. The molecule has 0 aliphatic carbocycles. The van der Waals surface area contributed by atoms with Gasteiger partial charge in [-0.2, -0.15) is 10.5 Å². The Labute approximate surface area is 116 Å². The Balaban J connectivity index is 2.80. The summed E-state index contributed by atoms with van der Waals surface area (Å²) in [5.41, 5.74) is -1.17. The van der Waals surface area contributed by atoms with Crippen molar-refractivity contribution in [2.24, 2.45) is 0 Å². The van der Waals surface area contributed by atoms with Gasteiger partial charge in [0.05, 0.1) is 9.95 Å². The van der Waals surface area contributed by atoms with Crippen molar-refractivity contribution in [3.63, 3.8) is 0 Å². The number of nitrogens with zero attached hydrogens (tertiary/aromatic N) is 5. The molecule has 0 saturated carbocycles. The van der Waals surface area contributed by atoms with Gasteiger partial charge in [-0.05, 0) is 0 Å². The highest BCUT2D eigenvalue weighted by molar-refractivity contribution is 6.31. The fourth-order valence-corrected chi connectivity index (χ4v) is 1.74. The van der Waals surface area contributed by atoms with Crippen molar-refractivity contribution in [3.05, 3.63) is 50.8 Å². The highest BCUT2D eigenvalue weighted by atomic mass is 35.5. The van der Waals surface area contributed by atoms with E-state index in [1.165, 1.54) is 0 Å². The van der Waals surface area contributed by atoms with E-state index in [1.54, 1.807) is 12.1 Å². The van der Waals surface area contributed by atoms with Crippen LogP contribution < -0.4 is 0 Å². The second kappa shape index (κ2) is 4.96. The van der Waals surface area contributed by atoms with E-state index in [-0.39, 0.29) is 17.1 Å². The quantitative estimate of drug-likeness (QED) is 0.623. The topological polar surface area (TPSA) is 109 Å². The van der Waals surface area contributed by atoms with Gasteiger partial charge in [0, 0.05) is 12.1 Å². The number of nitriles is 2. The van der Waals surface area contributed by atoms with Crippen molar-refractivity contribution >= 4 is 17.3 Å². The van der Waals surface area contributed by atoms with Crippen LogP contribution in [0.2, 0.25) is 5.02 Å². The van der Waals surface area contributed by atoms with Crippen molar-refractivity contribution in [1.29, 1.82) is 10.5 Å². The number of halogens is 2. The van der Waals surface area contributed by atoms with Gasteiger partial charge in [-0.25, -0.2) is 9.37 Å². The molecule has 0 saturated heterocycles. The summed E-state index contributed by atoms with van der Waals surface area (Å²) in [6.07, 6.45) is 1.03. The molecule has 0 aliphatic heterocycles. The fourth-order valence-electron chi connectivity index (χ4n) is 1.58. The minimum Gasteiger partial charge on any atom is -0.283 e. The van der Waals surface area contributed by atoms with Crippen LogP contribution in [-0.2, 0) is 0 Å². The van der Waals surface area contributed by atoms with E-state index in [9.17, 15) is 14.5 Å². The molecule has 20 heavy (non-hydrogen) atoms. The number of benzene rings is 1. The minimum atomic E-state index is -0.886. The van der Waals surface area contributed by atoms with Crippen LogP contribution in [0, 0.1) is 38.6 Å². The number of imidazole rings is 1. The number of aromatic nitrogens is 2. The van der Waals surface area contributed by atoms with Gasteiger partial charge in [0.25, 0.3) is 5.69 Å². The molecule has 1 aromatic heterocycles. The van der Waals surface area contributed by atoms with Crippen molar-refractivity contribution in [3.8, 4) is 17.8 Å². The summed E-state index contributed by atoms with van der Waals surface area (Å²) in [6.45, 7) is 0. The van der Waals surface area contributed by atoms with E-state index in [0.717, 1.165) is 23.0 Å². The molecule has 98 valence electrons. The van der Waals surface area contributed by atoms with Gasteiger partial charge in [-0.1, -0.05) is 11.6 Å². The van der Waals surface area contributed by atoms with Crippen LogP contribution in [0.1, 0.15) is 11.4 Å². The van der Waals surface area contributed by atoms with Crippen LogP contribution >= 0.6 is 11.6 Å². The molecule has 2 rings (SSSR count). The number of hydrogen-bond donors (Lipinski definition) is 0. The van der Waals surface area contributed by atoms with E-state index < -0.39 is 21.5 Å². The molecule has 0 N–H and O–H groups in total. The third-order valence-electron chi connectivity index (χ3n) is 2.45. The van der Waals surface area contributed by atoms with E-state index in [4.69, 9.17) is 22.1 Å². The molecular weight excluding hydrogens is 289 g/mol. The lowest BCUT2D eigenvalue weighted by Crippen LogP contribution is -2.03. The SMILES string of the molecule is N#Cc1ncn(-c2cc(F)c(Cl)cc2[N+](=O)[O-])c1C#N. The first-order valence-electron chi connectivity index (χ1n) is 5.01. The van der Waals surface area contributed by atoms with Crippen LogP contribution in [0.3, 0.4) is 0 Å². The highest BCUT2D eigenvalue weighted by Crippen LogP contribution is 2.30. The summed E-state index contributed by atoms with van der Waals surface area (Å²) in [5, 5.41) is 28.3. The minimum absolute atomic E-state index is 0.211. The third-order valence-corrected chi connectivity index (χ3v) is 2.74. The van der Waals surface area contributed by atoms with Crippen molar-refractivity contribution in [2.75, 3.05) is 0 Å². The molecule has 0 bridgehead atoms. The summed E-state index contributed by atoms with van der Waals surface area (Å²) < 4.78 is 14.5. The smallest absolute Gasteiger partial charge is 0.283 e. The Morgan fingerprint density at radius 2 is 2.10 bits per heavy atom. The zero-order valence-electron chi connectivity index (χ0n) is 9.54. The largest absolute Gasteiger partial charge is 0.294 e. The van der Waals surface area contributed by atoms with Crippen LogP contribution in [0.4, 0.5) is 10.1 Å². The Morgan fingerprint density at radius 1 is 1.40 bits per heavy atom. The lowest BCUT2D eigenvalue weighted by atomic mass is 10.2. The van der Waals surface area contributed by atoms with Crippen LogP contribution in [-0.4, -0.2) is 14.5 Å². The summed E-state index contributed by atoms with van der Waals surface area (Å²) in [7, 11) is 0. The molecule has 0 aliphatic rings. The maximum atomic E-state index is 13.5. The predicted molar refractivity (Wildman–Crippen MR) is 64.6 cm³/mol. The standard InChI is InChI=1S/C11H3ClFN5O2/c12-6-1-10(18(19)20)9(2-7(6)13)17-5-16-8(3-14)11(17)4-15/h1-2,5H. The molecule has 0 spiro atoms. The predicted octanol–water partition coefficient (Wildman–Crippen LogP) is 2.32. The van der Waals surface area contributed by atoms with Crippen molar-refractivity contribution < 1.29 is 9.31 Å². The van der Waals surface area contributed by atoms with Crippen molar-refractivity contribution in [2.45, 2.75) is 0 Å². The number of hydrogen-bond acceptors (Lipinski definition) is 5. The molecule has 1 heterocycles. The molecule has 0 radical (unpaired) electrons. The Kier molecular flexibility index (Phi) is 3.34. The van der Waals surface area contributed by atoms with Gasteiger partial charge in [0.1, 0.15) is 30.0 Å². The molecular formula is C11H3ClFN5O2. The average molecular weight is 292 g/mol. The zero-order chi connectivity index (χ0) is 14.9. The highest BCUT2D eigenvalue weighted by Gasteiger charge is 2.22. The van der Waals surface area contributed by atoms with E-state index >= 15 is 0 Å². The molecule has 0 amide bonds. The number of nitro benzene ring substituents is 1. The Morgan fingerprint density at radius 3 is 2.65 bits per heavy atom.